The van der Waals surface area contributed by atoms with Gasteiger partial charge in [-0.15, -0.1) is 12.4 Å². The van der Waals surface area contributed by atoms with Gasteiger partial charge < -0.3 is 0 Å². The largest absolute Gasteiger partial charge is 0.293 e. The molecular weight excluding hydrogens is 437 g/mol. The topological polar surface area (TPSA) is 50.3 Å². The molecule has 2 heterocycles. The lowest BCUT2D eigenvalue weighted by Crippen LogP contribution is -2.42. The summed E-state index contributed by atoms with van der Waals surface area (Å²) in [5.41, 5.74) is 1.35. The van der Waals surface area contributed by atoms with Gasteiger partial charge in [-0.2, -0.15) is 0 Å². The van der Waals surface area contributed by atoms with Gasteiger partial charge in [0.1, 0.15) is 5.82 Å². The molecule has 0 spiro atoms. The van der Waals surface area contributed by atoms with Gasteiger partial charge in [0.15, 0.2) is 0 Å². The fraction of sp³-hybridized carbons (Fsp3) is 0.286. The van der Waals surface area contributed by atoms with Crippen molar-refractivity contribution in [1.82, 2.24) is 9.88 Å². The second-order valence-corrected chi connectivity index (χ2v) is 9.24. The van der Waals surface area contributed by atoms with Gasteiger partial charge in [0.25, 0.3) is 5.92 Å². The van der Waals surface area contributed by atoms with Crippen LogP contribution in [0.25, 0.3) is 10.9 Å². The predicted molar refractivity (Wildman–Crippen MR) is 110 cm³/mol. The van der Waals surface area contributed by atoms with Crippen LogP contribution >= 0.6 is 12.4 Å². The van der Waals surface area contributed by atoms with E-state index in [4.69, 9.17) is 0 Å². The maximum absolute atomic E-state index is 13.7. The highest BCUT2D eigenvalue weighted by Crippen LogP contribution is 2.29. The molecule has 0 N–H and O–H groups in total. The van der Waals surface area contributed by atoms with Crippen molar-refractivity contribution in [2.45, 2.75) is 35.1 Å². The van der Waals surface area contributed by atoms with Crippen LogP contribution < -0.4 is 0 Å². The number of pyridine rings is 1. The number of benzene rings is 2. The van der Waals surface area contributed by atoms with Crippen LogP contribution in [0.4, 0.5) is 13.2 Å². The molecule has 3 aromatic rings. The summed E-state index contributed by atoms with van der Waals surface area (Å²) in [5, 5.41) is 0.606. The number of halogens is 4. The van der Waals surface area contributed by atoms with E-state index in [1.165, 1.54) is 24.4 Å². The standard InChI is InChI=1S/C21H19F3N2O2S.ClH/c22-17-5-7-18(8-6-17)29(27,28)19-11-15-3-1-4-16(20(15)25-12-19)13-26-10-2-9-21(23,24)14-26;/h1,3-8,11-12H,2,9-10,13-14H2;1H. The minimum absolute atomic E-state index is 0. The SMILES string of the molecule is Cl.O=S(=O)(c1ccc(F)cc1)c1cnc2c(CN3CCCC(F)(F)C3)cccc2c1. The summed E-state index contributed by atoms with van der Waals surface area (Å²) in [5.74, 6) is -3.21. The lowest BCUT2D eigenvalue weighted by molar-refractivity contribution is -0.0660. The third-order valence-corrected chi connectivity index (χ3v) is 6.81. The highest BCUT2D eigenvalue weighted by Gasteiger charge is 2.35. The second kappa shape index (κ2) is 8.53. The molecule has 1 fully saturated rings. The van der Waals surface area contributed by atoms with Crippen molar-refractivity contribution in [2.24, 2.45) is 0 Å². The Balaban J connectivity index is 0.00000256. The minimum atomic E-state index is -3.84. The molecule has 160 valence electrons. The van der Waals surface area contributed by atoms with E-state index < -0.39 is 21.6 Å². The average Bonchev–Trinajstić information content (AvgIpc) is 2.67. The molecule has 9 heteroatoms. The molecule has 0 radical (unpaired) electrons. The van der Waals surface area contributed by atoms with Crippen molar-refractivity contribution in [3.63, 3.8) is 0 Å². The Hall–Kier alpha value is -2.16. The lowest BCUT2D eigenvalue weighted by Gasteiger charge is -2.32. The maximum atomic E-state index is 13.7. The van der Waals surface area contributed by atoms with E-state index >= 15 is 0 Å². The summed E-state index contributed by atoms with van der Waals surface area (Å²) >= 11 is 0. The van der Waals surface area contributed by atoms with Gasteiger partial charge >= 0.3 is 0 Å². The number of hydrogen-bond acceptors (Lipinski definition) is 4. The minimum Gasteiger partial charge on any atom is -0.293 e. The van der Waals surface area contributed by atoms with Crippen molar-refractivity contribution in [3.05, 3.63) is 66.1 Å². The fourth-order valence-corrected chi connectivity index (χ4v) is 4.89. The summed E-state index contributed by atoms with van der Waals surface area (Å²) in [7, 11) is -3.84. The van der Waals surface area contributed by atoms with Crippen molar-refractivity contribution in [1.29, 1.82) is 0 Å². The third kappa shape index (κ3) is 4.61. The molecule has 0 amide bonds. The summed E-state index contributed by atoms with van der Waals surface area (Å²) in [6.07, 6.45) is 1.60. The smallest absolute Gasteiger partial charge is 0.260 e. The Bertz CT molecular complexity index is 1150. The number of sulfone groups is 1. The quantitative estimate of drug-likeness (QED) is 0.526. The number of fused-ring (bicyclic) bond motifs is 1. The number of para-hydroxylation sites is 1. The molecule has 1 saturated heterocycles. The molecule has 0 bridgehead atoms. The molecule has 1 aliphatic rings. The molecular formula is C21H20ClF3N2O2S. The molecule has 0 unspecified atom stereocenters. The zero-order valence-electron chi connectivity index (χ0n) is 15.9. The van der Waals surface area contributed by atoms with Crippen molar-refractivity contribution in [3.8, 4) is 0 Å². The van der Waals surface area contributed by atoms with E-state index in [1.54, 1.807) is 17.0 Å². The molecule has 1 aliphatic heterocycles. The highest BCUT2D eigenvalue weighted by atomic mass is 35.5. The zero-order valence-corrected chi connectivity index (χ0v) is 17.5. The van der Waals surface area contributed by atoms with Gasteiger partial charge in [-0.25, -0.2) is 21.6 Å². The van der Waals surface area contributed by atoms with E-state index in [-0.39, 0.29) is 35.2 Å². The molecule has 1 aromatic heterocycles. The van der Waals surface area contributed by atoms with E-state index in [0.717, 1.165) is 17.7 Å². The zero-order chi connectivity index (χ0) is 20.6. The van der Waals surface area contributed by atoms with E-state index in [2.05, 4.69) is 4.98 Å². The van der Waals surface area contributed by atoms with Gasteiger partial charge in [-0.3, -0.25) is 9.88 Å². The third-order valence-electron chi connectivity index (χ3n) is 5.07. The Morgan fingerprint density at radius 1 is 1.07 bits per heavy atom. The monoisotopic (exact) mass is 456 g/mol. The summed E-state index contributed by atoms with van der Waals surface area (Å²) in [6, 6.07) is 11.4. The van der Waals surface area contributed by atoms with Gasteiger partial charge in [0.2, 0.25) is 9.84 Å². The van der Waals surface area contributed by atoms with Crippen LogP contribution in [-0.2, 0) is 16.4 Å². The second-order valence-electron chi connectivity index (χ2n) is 7.29. The molecule has 2 aromatic carbocycles. The summed E-state index contributed by atoms with van der Waals surface area (Å²) < 4.78 is 66.1. The highest BCUT2D eigenvalue weighted by molar-refractivity contribution is 7.91. The Kier molecular flexibility index (Phi) is 6.40. The normalized spacial score (nSPS) is 16.9. The van der Waals surface area contributed by atoms with Gasteiger partial charge in [-0.1, -0.05) is 18.2 Å². The lowest BCUT2D eigenvalue weighted by atomic mass is 10.0. The van der Waals surface area contributed by atoms with E-state index in [9.17, 15) is 21.6 Å². The maximum Gasteiger partial charge on any atom is 0.260 e. The number of alkyl halides is 2. The van der Waals surface area contributed by atoms with Crippen LogP contribution in [0, 0.1) is 5.82 Å². The summed E-state index contributed by atoms with van der Waals surface area (Å²) in [4.78, 5) is 6.00. The van der Waals surface area contributed by atoms with Crippen LogP contribution in [0.2, 0.25) is 0 Å². The van der Waals surface area contributed by atoms with Crippen LogP contribution in [0.15, 0.2) is 64.5 Å². The first-order chi connectivity index (χ1) is 13.7. The van der Waals surface area contributed by atoms with Crippen molar-refractivity contribution >= 4 is 33.1 Å². The molecule has 30 heavy (non-hydrogen) atoms. The molecule has 0 aliphatic carbocycles. The first-order valence-corrected chi connectivity index (χ1v) is 10.7. The number of piperidine rings is 1. The number of likely N-dealkylation sites (tertiary alicyclic amines) is 1. The van der Waals surface area contributed by atoms with Gasteiger partial charge in [0.05, 0.1) is 21.9 Å². The summed E-state index contributed by atoms with van der Waals surface area (Å²) in [6.45, 7) is 0.618. The molecule has 0 saturated carbocycles. The molecule has 4 rings (SSSR count). The molecule has 4 nitrogen and oxygen atoms in total. The van der Waals surface area contributed by atoms with Crippen LogP contribution in [-0.4, -0.2) is 37.3 Å². The fourth-order valence-electron chi connectivity index (χ4n) is 3.65. The van der Waals surface area contributed by atoms with Crippen molar-refractivity contribution < 1.29 is 21.6 Å². The van der Waals surface area contributed by atoms with E-state index in [1.807, 2.05) is 6.07 Å². The number of hydrogen-bond donors (Lipinski definition) is 0. The average molecular weight is 457 g/mol. The Morgan fingerprint density at radius 3 is 2.50 bits per heavy atom. The first kappa shape index (κ1) is 22.5. The first-order valence-electron chi connectivity index (χ1n) is 9.23. The van der Waals surface area contributed by atoms with Crippen LogP contribution in [0.5, 0.6) is 0 Å². The van der Waals surface area contributed by atoms with Gasteiger partial charge in [0, 0.05) is 24.5 Å². The Morgan fingerprint density at radius 2 is 1.80 bits per heavy atom. The Labute approximate surface area is 179 Å². The van der Waals surface area contributed by atoms with Crippen LogP contribution in [0.1, 0.15) is 18.4 Å². The van der Waals surface area contributed by atoms with Crippen LogP contribution in [0.3, 0.4) is 0 Å². The molecule has 0 atom stereocenters. The number of nitrogens with zero attached hydrogens (tertiary/aromatic N) is 2. The predicted octanol–water partition coefficient (Wildman–Crippen LogP) is 4.86. The number of rotatable bonds is 4. The van der Waals surface area contributed by atoms with Crippen molar-refractivity contribution in [2.75, 3.05) is 13.1 Å². The number of aromatic nitrogens is 1. The van der Waals surface area contributed by atoms with E-state index in [0.29, 0.717) is 30.4 Å². The van der Waals surface area contributed by atoms with Gasteiger partial charge in [-0.05, 0) is 48.9 Å².